The van der Waals surface area contributed by atoms with Gasteiger partial charge in [-0.25, -0.2) is 4.79 Å². The van der Waals surface area contributed by atoms with Crippen molar-refractivity contribution < 1.29 is 24.6 Å². The molecule has 0 fully saturated rings. The number of carbonyl (C=O) groups is 3. The number of carbonyl (C=O) groups excluding carboxylic acids is 1. The van der Waals surface area contributed by atoms with Gasteiger partial charge in [0.1, 0.15) is 11.4 Å². The van der Waals surface area contributed by atoms with Crippen molar-refractivity contribution >= 4 is 29.4 Å². The van der Waals surface area contributed by atoms with Crippen LogP contribution in [0.2, 0.25) is 0 Å². The number of carboxylic acid groups (broad SMARTS) is 2. The quantitative estimate of drug-likeness (QED) is 0.511. The van der Waals surface area contributed by atoms with Gasteiger partial charge in [0.05, 0.1) is 6.42 Å². The largest absolute Gasteiger partial charge is 0.481 e. The molecule has 8 heteroatoms. The number of aromatic amines is 1. The Kier molecular flexibility index (Phi) is 6.74. The van der Waals surface area contributed by atoms with Gasteiger partial charge in [0.15, 0.2) is 0 Å². The number of rotatable bonds is 8. The highest BCUT2D eigenvalue weighted by molar-refractivity contribution is 6.29. The van der Waals surface area contributed by atoms with E-state index in [1.165, 1.54) is 12.1 Å². The molecule has 1 aromatic carbocycles. The Balaban J connectivity index is 1.67. The van der Waals surface area contributed by atoms with Crippen molar-refractivity contribution in [2.24, 2.45) is 0 Å². The average molecular weight is 429 g/mol. The molecule has 1 aliphatic carbocycles. The number of carboxylic acids is 2. The van der Waals surface area contributed by atoms with E-state index in [4.69, 9.17) is 16.7 Å². The van der Waals surface area contributed by atoms with Crippen molar-refractivity contribution in [2.75, 3.05) is 0 Å². The average Bonchev–Trinajstić information content (AvgIpc) is 3.19. The summed E-state index contributed by atoms with van der Waals surface area (Å²) in [5.41, 5.74) is 1.93. The topological polar surface area (TPSA) is 119 Å². The third-order valence-corrected chi connectivity index (χ3v) is 5.12. The van der Waals surface area contributed by atoms with Crippen LogP contribution in [0.25, 0.3) is 0 Å². The van der Waals surface area contributed by atoms with Crippen LogP contribution in [0.4, 0.5) is 0 Å². The van der Waals surface area contributed by atoms with Crippen molar-refractivity contribution in [3.05, 3.63) is 82.2 Å². The maximum Gasteiger partial charge on any atom is 0.352 e. The number of aromatic nitrogens is 1. The number of benzene rings is 1. The van der Waals surface area contributed by atoms with Gasteiger partial charge in [0.25, 0.3) is 5.91 Å². The second kappa shape index (κ2) is 9.45. The van der Waals surface area contributed by atoms with Gasteiger partial charge in [-0.3, -0.25) is 9.59 Å². The summed E-state index contributed by atoms with van der Waals surface area (Å²) in [5.74, 6) is -2.58. The monoisotopic (exact) mass is 428 g/mol. The number of halogens is 1. The number of hydrogen-bond donors (Lipinski definition) is 4. The fourth-order valence-electron chi connectivity index (χ4n) is 3.36. The minimum atomic E-state index is -1.18. The lowest BCUT2D eigenvalue weighted by Crippen LogP contribution is -2.38. The lowest BCUT2D eigenvalue weighted by atomic mass is 9.91. The summed E-state index contributed by atoms with van der Waals surface area (Å²) in [7, 11) is 0. The molecule has 156 valence electrons. The van der Waals surface area contributed by atoms with Gasteiger partial charge in [-0.2, -0.15) is 0 Å². The maximum atomic E-state index is 12.4. The normalized spacial score (nSPS) is 16.6. The highest BCUT2D eigenvalue weighted by Gasteiger charge is 2.20. The van der Waals surface area contributed by atoms with Crippen LogP contribution in [-0.2, 0) is 11.2 Å². The molecule has 0 bridgehead atoms. The van der Waals surface area contributed by atoms with Gasteiger partial charge in [-0.05, 0) is 42.2 Å². The predicted octanol–water partition coefficient (Wildman–Crippen LogP) is 3.69. The fraction of sp³-hybridized carbons (Fsp3) is 0.227. The Morgan fingerprint density at radius 3 is 2.40 bits per heavy atom. The van der Waals surface area contributed by atoms with E-state index < -0.39 is 23.9 Å². The Hall–Kier alpha value is -3.32. The lowest BCUT2D eigenvalue weighted by molar-refractivity contribution is -0.137. The van der Waals surface area contributed by atoms with Gasteiger partial charge in [0.2, 0.25) is 0 Å². The van der Waals surface area contributed by atoms with E-state index in [0.29, 0.717) is 6.42 Å². The lowest BCUT2D eigenvalue weighted by Gasteiger charge is -2.18. The molecule has 0 radical (unpaired) electrons. The van der Waals surface area contributed by atoms with Crippen molar-refractivity contribution in [3.8, 4) is 0 Å². The first-order valence-corrected chi connectivity index (χ1v) is 9.76. The van der Waals surface area contributed by atoms with Crippen LogP contribution < -0.4 is 5.32 Å². The highest BCUT2D eigenvalue weighted by Crippen LogP contribution is 2.30. The second-order valence-electron chi connectivity index (χ2n) is 7.11. The Labute approximate surface area is 178 Å². The van der Waals surface area contributed by atoms with Crippen LogP contribution in [0.5, 0.6) is 0 Å². The number of aromatic carboxylic acids is 1. The number of H-pyrrole nitrogens is 1. The van der Waals surface area contributed by atoms with Crippen LogP contribution >= 0.6 is 11.6 Å². The van der Waals surface area contributed by atoms with E-state index in [0.717, 1.165) is 22.6 Å². The van der Waals surface area contributed by atoms with E-state index in [1.54, 1.807) is 0 Å². The zero-order valence-corrected chi connectivity index (χ0v) is 16.7. The zero-order valence-electron chi connectivity index (χ0n) is 16.0. The fourth-order valence-corrected chi connectivity index (χ4v) is 3.59. The molecule has 0 spiro atoms. The van der Waals surface area contributed by atoms with Crippen molar-refractivity contribution in [1.29, 1.82) is 0 Å². The summed E-state index contributed by atoms with van der Waals surface area (Å²) in [6, 6.07) is 9.75. The number of allylic oxidation sites excluding steroid dienone is 4. The molecule has 3 rings (SSSR count). The molecule has 1 aliphatic rings. The number of amides is 1. The Bertz CT molecular complexity index is 1010. The van der Waals surface area contributed by atoms with Crippen LogP contribution in [0.3, 0.4) is 0 Å². The molecular weight excluding hydrogens is 408 g/mol. The molecule has 7 nitrogen and oxygen atoms in total. The van der Waals surface area contributed by atoms with Crippen molar-refractivity contribution in [2.45, 2.75) is 31.2 Å². The van der Waals surface area contributed by atoms with Gasteiger partial charge in [-0.1, -0.05) is 48.0 Å². The molecule has 0 aliphatic heterocycles. The van der Waals surface area contributed by atoms with Gasteiger partial charge in [0, 0.05) is 17.0 Å². The molecule has 0 saturated heterocycles. The molecule has 1 aromatic heterocycles. The standard InChI is InChI=1S/C22H21ClN2O5/c23-16-3-1-2-15(11-16)14-6-4-13(5-7-14)10-17(12-20(26)27)24-21(28)18-8-9-19(25-18)22(29)30/h1-9,15,17,25H,10-12H2,(H,24,28)(H,26,27)(H,29,30)/t15?,17-/m1/s1. The first kappa shape index (κ1) is 21.4. The molecule has 1 unspecified atom stereocenters. The van der Waals surface area contributed by atoms with Gasteiger partial charge >= 0.3 is 11.9 Å². The van der Waals surface area contributed by atoms with Crippen LogP contribution in [-0.4, -0.2) is 39.1 Å². The minimum Gasteiger partial charge on any atom is -0.481 e. The second-order valence-corrected chi connectivity index (χ2v) is 7.60. The Morgan fingerprint density at radius 2 is 1.80 bits per heavy atom. The van der Waals surface area contributed by atoms with E-state index >= 15 is 0 Å². The predicted molar refractivity (Wildman–Crippen MR) is 112 cm³/mol. The minimum absolute atomic E-state index is 0.0622. The number of aliphatic carboxylic acids is 1. The highest BCUT2D eigenvalue weighted by atomic mass is 35.5. The van der Waals surface area contributed by atoms with Crippen LogP contribution in [0.1, 0.15) is 50.9 Å². The van der Waals surface area contributed by atoms with E-state index in [-0.39, 0.29) is 23.7 Å². The summed E-state index contributed by atoms with van der Waals surface area (Å²) in [4.78, 5) is 37.1. The molecule has 1 heterocycles. The van der Waals surface area contributed by atoms with Crippen LogP contribution in [0, 0.1) is 0 Å². The molecule has 1 amide bonds. The number of hydrogen-bond acceptors (Lipinski definition) is 3. The summed E-state index contributed by atoms with van der Waals surface area (Å²) < 4.78 is 0. The first-order chi connectivity index (χ1) is 14.3. The third-order valence-electron chi connectivity index (χ3n) is 4.84. The van der Waals surface area contributed by atoms with Gasteiger partial charge < -0.3 is 20.5 Å². The SMILES string of the molecule is O=C(O)C[C@@H](Cc1ccc(C2C=CC=C(Cl)C2)cc1)NC(=O)c1ccc(C(=O)O)[nH]1. The molecule has 2 atom stereocenters. The summed E-state index contributed by atoms with van der Waals surface area (Å²) in [5, 5.41) is 21.6. The molecule has 30 heavy (non-hydrogen) atoms. The Morgan fingerprint density at radius 1 is 1.10 bits per heavy atom. The molecule has 4 N–H and O–H groups in total. The zero-order chi connectivity index (χ0) is 21.7. The number of nitrogens with one attached hydrogen (secondary N) is 2. The third kappa shape index (κ3) is 5.61. The first-order valence-electron chi connectivity index (χ1n) is 9.38. The van der Waals surface area contributed by atoms with E-state index in [9.17, 15) is 19.5 Å². The van der Waals surface area contributed by atoms with Crippen molar-refractivity contribution in [1.82, 2.24) is 10.3 Å². The van der Waals surface area contributed by atoms with E-state index in [1.807, 2.05) is 36.4 Å². The van der Waals surface area contributed by atoms with E-state index in [2.05, 4.69) is 16.4 Å². The summed E-state index contributed by atoms with van der Waals surface area (Å²) in [6.45, 7) is 0. The molecule has 2 aromatic rings. The smallest absolute Gasteiger partial charge is 0.352 e. The molecular formula is C22H21ClN2O5. The summed E-state index contributed by atoms with van der Waals surface area (Å²) >= 11 is 6.11. The summed E-state index contributed by atoms with van der Waals surface area (Å²) in [6.07, 6.45) is 6.69. The van der Waals surface area contributed by atoms with Crippen molar-refractivity contribution in [3.63, 3.8) is 0 Å². The molecule has 0 saturated carbocycles. The van der Waals surface area contributed by atoms with Crippen LogP contribution in [0.15, 0.2) is 59.7 Å². The van der Waals surface area contributed by atoms with Gasteiger partial charge in [-0.15, -0.1) is 0 Å². The maximum absolute atomic E-state index is 12.4.